The highest BCUT2D eigenvalue weighted by Crippen LogP contribution is 2.24. The van der Waals surface area contributed by atoms with E-state index >= 15 is 0 Å². The molecule has 0 aliphatic rings. The van der Waals surface area contributed by atoms with Gasteiger partial charge in [0, 0.05) is 10.6 Å². The zero-order chi connectivity index (χ0) is 19.0. The monoisotopic (exact) mass is 370 g/mol. The normalized spacial score (nSPS) is 11.7. The van der Waals surface area contributed by atoms with E-state index in [4.69, 9.17) is 21.4 Å². The smallest absolute Gasteiger partial charge is 0.326 e. The second-order valence-electron chi connectivity index (χ2n) is 6.02. The zero-order valence-corrected chi connectivity index (χ0v) is 15.2. The molecule has 1 aromatic carbocycles. The Bertz CT molecular complexity index is 633. The third-order valence-corrected chi connectivity index (χ3v) is 3.77. The first-order valence-electron chi connectivity index (χ1n) is 7.87. The van der Waals surface area contributed by atoms with Crippen LogP contribution in [0.1, 0.15) is 25.8 Å². The molecule has 0 aromatic heterocycles. The Morgan fingerprint density at radius 2 is 1.92 bits per heavy atom. The van der Waals surface area contributed by atoms with Crippen molar-refractivity contribution in [3.63, 3.8) is 0 Å². The molecular weight excluding hydrogens is 348 g/mol. The molecule has 0 aliphatic carbocycles. The summed E-state index contributed by atoms with van der Waals surface area (Å²) in [6.45, 7) is 4.89. The Kier molecular flexibility index (Phi) is 8.21. The van der Waals surface area contributed by atoms with Gasteiger partial charge in [0.05, 0.1) is 6.54 Å². The molecule has 0 fully saturated rings. The highest BCUT2D eigenvalue weighted by molar-refractivity contribution is 6.31. The van der Waals surface area contributed by atoms with Crippen LogP contribution >= 0.6 is 11.6 Å². The van der Waals surface area contributed by atoms with E-state index < -0.39 is 23.8 Å². The van der Waals surface area contributed by atoms with Crippen molar-refractivity contribution in [1.82, 2.24) is 10.6 Å². The molecule has 1 rings (SSSR count). The molecule has 0 heterocycles. The van der Waals surface area contributed by atoms with E-state index in [1.807, 2.05) is 13.8 Å². The molecule has 1 atom stereocenters. The van der Waals surface area contributed by atoms with Gasteiger partial charge in [0.2, 0.25) is 5.91 Å². The summed E-state index contributed by atoms with van der Waals surface area (Å²) in [4.78, 5) is 34.6. The lowest BCUT2D eigenvalue weighted by Gasteiger charge is -2.16. The molecular formula is C17H23ClN2O5. The Labute approximate surface area is 151 Å². The average Bonchev–Trinajstić information content (AvgIpc) is 2.53. The van der Waals surface area contributed by atoms with Crippen LogP contribution in [-0.4, -0.2) is 42.1 Å². The van der Waals surface area contributed by atoms with Crippen molar-refractivity contribution in [1.29, 1.82) is 0 Å². The fourth-order valence-corrected chi connectivity index (χ4v) is 2.22. The van der Waals surface area contributed by atoms with Gasteiger partial charge in [-0.1, -0.05) is 31.5 Å². The maximum absolute atomic E-state index is 11.8. The van der Waals surface area contributed by atoms with Crippen molar-refractivity contribution in [2.45, 2.75) is 33.2 Å². The lowest BCUT2D eigenvalue weighted by atomic mass is 10.0. The first-order valence-corrected chi connectivity index (χ1v) is 8.25. The highest BCUT2D eigenvalue weighted by Gasteiger charge is 2.21. The van der Waals surface area contributed by atoms with Crippen molar-refractivity contribution >= 4 is 29.4 Å². The number of carbonyl (C=O) groups excluding carboxylic acids is 2. The molecule has 0 unspecified atom stereocenters. The molecule has 0 spiro atoms. The van der Waals surface area contributed by atoms with Gasteiger partial charge in [-0.3, -0.25) is 9.59 Å². The Morgan fingerprint density at radius 3 is 2.52 bits per heavy atom. The third kappa shape index (κ3) is 7.43. The van der Waals surface area contributed by atoms with E-state index in [0.717, 1.165) is 0 Å². The maximum atomic E-state index is 11.8. The molecule has 0 bridgehead atoms. The third-order valence-electron chi connectivity index (χ3n) is 3.36. The zero-order valence-electron chi connectivity index (χ0n) is 14.5. The van der Waals surface area contributed by atoms with E-state index in [1.54, 1.807) is 25.1 Å². The van der Waals surface area contributed by atoms with Gasteiger partial charge in [-0.05, 0) is 31.4 Å². The van der Waals surface area contributed by atoms with Crippen molar-refractivity contribution in [3.8, 4) is 5.75 Å². The summed E-state index contributed by atoms with van der Waals surface area (Å²) in [7, 11) is 0. The van der Waals surface area contributed by atoms with Crippen molar-refractivity contribution in [2.75, 3.05) is 13.2 Å². The minimum Gasteiger partial charge on any atom is -0.483 e. The number of hydrogen-bond donors (Lipinski definition) is 3. The van der Waals surface area contributed by atoms with E-state index in [2.05, 4.69) is 10.6 Å². The summed E-state index contributed by atoms with van der Waals surface area (Å²) in [6.07, 6.45) is 0.312. The van der Waals surface area contributed by atoms with Crippen LogP contribution < -0.4 is 15.4 Å². The van der Waals surface area contributed by atoms with Crippen LogP contribution in [-0.2, 0) is 14.4 Å². The SMILES string of the molecule is Cc1c(Cl)cccc1OCC(=O)NCC(=O)N[C@@H](CC(C)C)C(=O)O. The topological polar surface area (TPSA) is 105 Å². The van der Waals surface area contributed by atoms with Gasteiger partial charge in [0.1, 0.15) is 11.8 Å². The maximum Gasteiger partial charge on any atom is 0.326 e. The highest BCUT2D eigenvalue weighted by atomic mass is 35.5. The second kappa shape index (κ2) is 9.88. The first-order chi connectivity index (χ1) is 11.7. The number of benzene rings is 1. The lowest BCUT2D eigenvalue weighted by molar-refractivity contribution is -0.142. The Morgan fingerprint density at radius 1 is 1.24 bits per heavy atom. The molecule has 0 saturated carbocycles. The van der Waals surface area contributed by atoms with Crippen LogP contribution in [0.3, 0.4) is 0 Å². The quantitative estimate of drug-likeness (QED) is 0.614. The average molecular weight is 371 g/mol. The van der Waals surface area contributed by atoms with E-state index in [0.29, 0.717) is 22.8 Å². The van der Waals surface area contributed by atoms with Crippen LogP contribution in [0.25, 0.3) is 0 Å². The van der Waals surface area contributed by atoms with Gasteiger partial charge in [-0.25, -0.2) is 4.79 Å². The van der Waals surface area contributed by atoms with Gasteiger partial charge in [0.25, 0.3) is 5.91 Å². The predicted molar refractivity (Wildman–Crippen MR) is 93.7 cm³/mol. The number of carboxylic acid groups (broad SMARTS) is 1. The van der Waals surface area contributed by atoms with Gasteiger partial charge < -0.3 is 20.5 Å². The van der Waals surface area contributed by atoms with Gasteiger partial charge in [-0.2, -0.15) is 0 Å². The molecule has 8 heteroatoms. The number of nitrogens with one attached hydrogen (secondary N) is 2. The van der Waals surface area contributed by atoms with Crippen LogP contribution in [0.4, 0.5) is 0 Å². The summed E-state index contributed by atoms with van der Waals surface area (Å²) in [6, 6.07) is 4.13. The summed E-state index contributed by atoms with van der Waals surface area (Å²) < 4.78 is 5.36. The fraction of sp³-hybridized carbons (Fsp3) is 0.471. The number of ether oxygens (including phenoxy) is 1. The molecule has 7 nitrogen and oxygen atoms in total. The second-order valence-corrected chi connectivity index (χ2v) is 6.42. The number of rotatable bonds is 9. The van der Waals surface area contributed by atoms with E-state index in [-0.39, 0.29) is 19.1 Å². The van der Waals surface area contributed by atoms with E-state index in [1.165, 1.54) is 0 Å². The van der Waals surface area contributed by atoms with Crippen LogP contribution in [0.2, 0.25) is 5.02 Å². The minimum atomic E-state index is -1.10. The van der Waals surface area contributed by atoms with Crippen molar-refractivity contribution in [3.05, 3.63) is 28.8 Å². The van der Waals surface area contributed by atoms with E-state index in [9.17, 15) is 14.4 Å². The number of amides is 2. The Hall–Kier alpha value is -2.28. The molecule has 2 amide bonds. The summed E-state index contributed by atoms with van der Waals surface area (Å²) >= 11 is 5.96. The number of aliphatic carboxylic acids is 1. The Balaban J connectivity index is 2.41. The molecule has 25 heavy (non-hydrogen) atoms. The fourth-order valence-electron chi connectivity index (χ4n) is 2.06. The van der Waals surface area contributed by atoms with Gasteiger partial charge in [0.15, 0.2) is 6.61 Å². The number of carboxylic acids is 1. The molecule has 0 saturated heterocycles. The van der Waals surface area contributed by atoms with Crippen LogP contribution in [0.5, 0.6) is 5.75 Å². The number of carbonyl (C=O) groups is 3. The molecule has 3 N–H and O–H groups in total. The standard InChI is InChI=1S/C17H23ClN2O5/c1-10(2)7-13(17(23)24)20-15(21)8-19-16(22)9-25-14-6-4-5-12(18)11(14)3/h4-6,10,13H,7-9H2,1-3H3,(H,19,22)(H,20,21)(H,23,24)/t13-/m0/s1. The summed E-state index contributed by atoms with van der Waals surface area (Å²) in [5, 5.41) is 14.4. The molecule has 0 aliphatic heterocycles. The van der Waals surface area contributed by atoms with Gasteiger partial charge >= 0.3 is 5.97 Å². The molecule has 0 radical (unpaired) electrons. The van der Waals surface area contributed by atoms with Crippen molar-refractivity contribution in [2.24, 2.45) is 5.92 Å². The van der Waals surface area contributed by atoms with Crippen LogP contribution in [0.15, 0.2) is 18.2 Å². The van der Waals surface area contributed by atoms with Crippen molar-refractivity contribution < 1.29 is 24.2 Å². The lowest BCUT2D eigenvalue weighted by Crippen LogP contribution is -2.46. The van der Waals surface area contributed by atoms with Crippen LogP contribution in [0, 0.1) is 12.8 Å². The number of halogens is 1. The predicted octanol–water partition coefficient (Wildman–Crippen LogP) is 1.76. The van der Waals surface area contributed by atoms with Gasteiger partial charge in [-0.15, -0.1) is 0 Å². The summed E-state index contributed by atoms with van der Waals surface area (Å²) in [5.41, 5.74) is 0.715. The molecule has 1 aromatic rings. The minimum absolute atomic E-state index is 0.116. The first kappa shape index (κ1) is 20.8. The molecule has 138 valence electrons. The number of hydrogen-bond acceptors (Lipinski definition) is 4. The summed E-state index contributed by atoms with van der Waals surface area (Å²) in [5.74, 6) is -1.57. The largest absolute Gasteiger partial charge is 0.483 e.